The number of primary amides is 1. The van der Waals surface area contributed by atoms with Crippen molar-refractivity contribution in [2.75, 3.05) is 6.61 Å². The van der Waals surface area contributed by atoms with Crippen LogP contribution in [0.1, 0.15) is 47.7 Å². The van der Waals surface area contributed by atoms with Gasteiger partial charge in [-0.15, -0.1) is 0 Å². The van der Waals surface area contributed by atoms with Gasteiger partial charge in [-0.2, -0.15) is 0 Å². The second-order valence-corrected chi connectivity index (χ2v) is 9.32. The number of benzene rings is 3. The minimum Gasteiger partial charge on any atom is -0.481 e. The molecule has 3 aromatic carbocycles. The van der Waals surface area contributed by atoms with Crippen LogP contribution >= 0.6 is 15.9 Å². The molecule has 34 heavy (non-hydrogen) atoms. The number of carbonyl (C=O) groups is 2. The van der Waals surface area contributed by atoms with Crippen LogP contribution < -0.4 is 10.5 Å². The maximum Gasteiger partial charge on any atom is 0.341 e. The summed E-state index contributed by atoms with van der Waals surface area (Å²) in [6.07, 6.45) is 4.10. The normalized spacial score (nSPS) is 11.2. The number of fused-ring (bicyclic) bond motifs is 3. The van der Waals surface area contributed by atoms with E-state index in [1.54, 1.807) is 6.07 Å². The summed E-state index contributed by atoms with van der Waals surface area (Å²) in [5.74, 6) is -1.14. The van der Waals surface area contributed by atoms with E-state index in [0.29, 0.717) is 28.6 Å². The van der Waals surface area contributed by atoms with Crippen LogP contribution in [0, 0.1) is 0 Å². The first-order valence-electron chi connectivity index (χ1n) is 11.4. The molecule has 0 atom stereocenters. The van der Waals surface area contributed by atoms with E-state index in [0.717, 1.165) is 52.3 Å². The van der Waals surface area contributed by atoms with Crippen molar-refractivity contribution in [3.63, 3.8) is 0 Å². The number of hydrogen-bond donors (Lipinski definition) is 2. The zero-order valence-electron chi connectivity index (χ0n) is 19.0. The van der Waals surface area contributed by atoms with Gasteiger partial charge in [-0.05, 0) is 60.4 Å². The second kappa shape index (κ2) is 10.3. The summed E-state index contributed by atoms with van der Waals surface area (Å²) in [7, 11) is 0. The molecule has 0 aliphatic carbocycles. The number of unbranched alkanes of at least 4 members (excludes halogenated alkanes) is 2. The Morgan fingerprint density at radius 1 is 1.00 bits per heavy atom. The largest absolute Gasteiger partial charge is 0.481 e. The van der Waals surface area contributed by atoms with Gasteiger partial charge in [0.1, 0.15) is 5.75 Å². The molecule has 176 valence electrons. The Balaban J connectivity index is 2.01. The molecule has 1 heterocycles. The topological polar surface area (TPSA) is 94.6 Å². The number of carbonyl (C=O) groups excluding carboxylic acids is 1. The number of hydrogen-bond acceptors (Lipinski definition) is 3. The molecule has 0 aliphatic rings. The van der Waals surface area contributed by atoms with Crippen molar-refractivity contribution >= 4 is 49.6 Å². The lowest BCUT2D eigenvalue weighted by molar-refractivity contribution is -0.139. The van der Waals surface area contributed by atoms with Crippen LogP contribution in [-0.2, 0) is 17.8 Å². The fourth-order valence-electron chi connectivity index (χ4n) is 4.45. The first-order chi connectivity index (χ1) is 16.4. The van der Waals surface area contributed by atoms with Gasteiger partial charge in [0, 0.05) is 22.0 Å². The number of halogens is 1. The van der Waals surface area contributed by atoms with E-state index in [-0.39, 0.29) is 0 Å². The average molecular weight is 523 g/mol. The van der Waals surface area contributed by atoms with Gasteiger partial charge < -0.3 is 20.1 Å². The Bertz CT molecular complexity index is 1380. The molecule has 0 aliphatic heterocycles. The predicted octanol–water partition coefficient (Wildman–Crippen LogP) is 5.90. The van der Waals surface area contributed by atoms with Crippen LogP contribution in [0.15, 0.2) is 59.1 Å². The van der Waals surface area contributed by atoms with Crippen molar-refractivity contribution in [3.8, 4) is 5.75 Å². The molecule has 0 unspecified atom stereocenters. The number of aryl methyl sites for hydroxylation is 1. The number of nitrogens with zero attached hydrogens (tertiary/aromatic N) is 1. The summed E-state index contributed by atoms with van der Waals surface area (Å²) < 4.78 is 8.91. The number of amides is 1. The van der Waals surface area contributed by atoms with E-state index in [9.17, 15) is 14.7 Å². The van der Waals surface area contributed by atoms with Crippen molar-refractivity contribution in [2.45, 2.75) is 39.2 Å². The van der Waals surface area contributed by atoms with E-state index >= 15 is 0 Å². The smallest absolute Gasteiger partial charge is 0.341 e. The number of aliphatic carboxylic acids is 1. The van der Waals surface area contributed by atoms with Gasteiger partial charge in [0.2, 0.25) is 5.91 Å². The summed E-state index contributed by atoms with van der Waals surface area (Å²) in [4.78, 5) is 23.7. The standard InChI is InChI=1S/C27H27BrN2O4/c1-2-3-4-7-17-13-22-26(23(14-17)34-16-24(31)32)25-20(27(29)33)10-6-11-21(25)30(22)15-18-8-5-9-19(28)12-18/h5-6,8-14H,2-4,7,15-16H2,1H3,(H2,29,33)(H,31,32). The molecule has 0 saturated carbocycles. The highest BCUT2D eigenvalue weighted by molar-refractivity contribution is 9.10. The zero-order chi connectivity index (χ0) is 24.2. The Labute approximate surface area is 206 Å². The van der Waals surface area contributed by atoms with Crippen molar-refractivity contribution in [2.24, 2.45) is 5.73 Å². The van der Waals surface area contributed by atoms with E-state index in [4.69, 9.17) is 10.5 Å². The van der Waals surface area contributed by atoms with Gasteiger partial charge in [-0.1, -0.05) is 53.9 Å². The fraction of sp³-hybridized carbons (Fsp3) is 0.259. The first kappa shape index (κ1) is 23.8. The third kappa shape index (κ3) is 4.94. The molecular formula is C27H27BrN2O4. The van der Waals surface area contributed by atoms with Crippen molar-refractivity contribution < 1.29 is 19.4 Å². The van der Waals surface area contributed by atoms with E-state index < -0.39 is 18.5 Å². The lowest BCUT2D eigenvalue weighted by Gasteiger charge is -2.12. The quantitative estimate of drug-likeness (QED) is 0.253. The predicted molar refractivity (Wildman–Crippen MR) is 138 cm³/mol. The number of aromatic nitrogens is 1. The summed E-state index contributed by atoms with van der Waals surface area (Å²) in [5, 5.41) is 10.7. The zero-order valence-corrected chi connectivity index (χ0v) is 20.6. The average Bonchev–Trinajstić information content (AvgIpc) is 3.11. The number of ether oxygens (including phenoxy) is 1. The summed E-state index contributed by atoms with van der Waals surface area (Å²) >= 11 is 3.54. The third-order valence-electron chi connectivity index (χ3n) is 5.93. The van der Waals surface area contributed by atoms with Crippen LogP contribution in [0.3, 0.4) is 0 Å². The summed E-state index contributed by atoms with van der Waals surface area (Å²) in [6.45, 7) is 2.26. The number of carboxylic acids is 1. The van der Waals surface area contributed by atoms with Gasteiger partial charge >= 0.3 is 5.97 Å². The van der Waals surface area contributed by atoms with Gasteiger partial charge in [0.05, 0.1) is 16.4 Å². The van der Waals surface area contributed by atoms with Gasteiger partial charge in [0.15, 0.2) is 6.61 Å². The molecule has 4 aromatic rings. The highest BCUT2D eigenvalue weighted by atomic mass is 79.9. The Hall–Kier alpha value is -3.32. The van der Waals surface area contributed by atoms with Crippen LogP contribution in [0.5, 0.6) is 5.75 Å². The molecule has 1 aromatic heterocycles. The van der Waals surface area contributed by atoms with Gasteiger partial charge in [-0.3, -0.25) is 4.79 Å². The van der Waals surface area contributed by atoms with E-state index in [1.165, 1.54) is 0 Å². The molecule has 6 nitrogen and oxygen atoms in total. The molecule has 1 amide bonds. The van der Waals surface area contributed by atoms with Crippen LogP contribution in [0.25, 0.3) is 21.8 Å². The van der Waals surface area contributed by atoms with Crippen LogP contribution in [-0.4, -0.2) is 28.2 Å². The Kier molecular flexibility index (Phi) is 7.22. The maximum atomic E-state index is 12.4. The highest BCUT2D eigenvalue weighted by Crippen LogP contribution is 2.39. The van der Waals surface area contributed by atoms with Crippen LogP contribution in [0.2, 0.25) is 0 Å². The van der Waals surface area contributed by atoms with Crippen molar-refractivity contribution in [3.05, 3.63) is 75.8 Å². The van der Waals surface area contributed by atoms with Gasteiger partial charge in [-0.25, -0.2) is 4.79 Å². The third-order valence-corrected chi connectivity index (χ3v) is 6.42. The summed E-state index contributed by atoms with van der Waals surface area (Å²) in [6, 6.07) is 17.6. The van der Waals surface area contributed by atoms with Crippen molar-refractivity contribution in [1.82, 2.24) is 4.57 Å². The van der Waals surface area contributed by atoms with Crippen LogP contribution in [0.4, 0.5) is 0 Å². The number of rotatable bonds is 10. The molecule has 4 rings (SSSR count). The fourth-order valence-corrected chi connectivity index (χ4v) is 4.89. The van der Waals surface area contributed by atoms with Crippen molar-refractivity contribution in [1.29, 1.82) is 0 Å². The molecule has 0 bridgehead atoms. The monoisotopic (exact) mass is 522 g/mol. The van der Waals surface area contributed by atoms with E-state index in [2.05, 4.69) is 39.6 Å². The minimum atomic E-state index is -1.06. The molecule has 0 radical (unpaired) electrons. The number of carboxylic acid groups (broad SMARTS) is 1. The van der Waals surface area contributed by atoms with Gasteiger partial charge in [0.25, 0.3) is 0 Å². The van der Waals surface area contributed by atoms with E-state index in [1.807, 2.05) is 36.4 Å². The maximum absolute atomic E-state index is 12.4. The minimum absolute atomic E-state index is 0.384. The number of nitrogens with two attached hydrogens (primary N) is 1. The molecule has 3 N–H and O–H groups in total. The lowest BCUT2D eigenvalue weighted by Crippen LogP contribution is -2.12. The molecule has 7 heteroatoms. The Morgan fingerprint density at radius 3 is 2.50 bits per heavy atom. The molecule has 0 spiro atoms. The highest BCUT2D eigenvalue weighted by Gasteiger charge is 2.21. The first-order valence-corrected chi connectivity index (χ1v) is 12.1. The second-order valence-electron chi connectivity index (χ2n) is 8.41. The SMILES string of the molecule is CCCCCc1cc(OCC(=O)O)c2c3c(C(N)=O)cccc3n(Cc3cccc(Br)c3)c2c1. The molecule has 0 fully saturated rings. The lowest BCUT2D eigenvalue weighted by atomic mass is 10.0. The summed E-state index contributed by atoms with van der Waals surface area (Å²) in [5.41, 5.74) is 10.0. The molecule has 0 saturated heterocycles. The Morgan fingerprint density at radius 2 is 1.79 bits per heavy atom. The molecular weight excluding hydrogens is 496 g/mol.